The molecule has 7 heteroatoms. The van der Waals surface area contributed by atoms with Crippen LogP contribution in [-0.2, 0) is 4.74 Å². The van der Waals surface area contributed by atoms with Crippen molar-refractivity contribution >= 4 is 5.91 Å². The quantitative estimate of drug-likeness (QED) is 0.708. The van der Waals surface area contributed by atoms with Crippen LogP contribution in [0.4, 0.5) is 0 Å². The number of rotatable bonds is 3. The number of aromatic nitrogens is 2. The Morgan fingerprint density at radius 2 is 2.50 bits per heavy atom. The van der Waals surface area contributed by atoms with Gasteiger partial charge in [-0.25, -0.2) is 4.98 Å². The third-order valence-corrected chi connectivity index (χ3v) is 2.72. The molecule has 1 aromatic rings. The third kappa shape index (κ3) is 3.14. The van der Waals surface area contributed by atoms with Crippen molar-refractivity contribution in [1.82, 2.24) is 20.2 Å². The minimum atomic E-state index is -0.325. The van der Waals surface area contributed by atoms with Gasteiger partial charge in [0.15, 0.2) is 0 Å². The highest BCUT2D eigenvalue weighted by Crippen LogP contribution is 2.02. The fourth-order valence-electron chi connectivity index (χ4n) is 1.78. The zero-order valence-corrected chi connectivity index (χ0v) is 10.2. The maximum Gasteiger partial charge on any atom is 0.273 e. The molecule has 1 aromatic heterocycles. The zero-order chi connectivity index (χ0) is 13.0. The van der Waals surface area contributed by atoms with Gasteiger partial charge in [0.25, 0.3) is 11.5 Å². The average Bonchev–Trinajstić information content (AvgIpc) is 2.40. The minimum Gasteiger partial charge on any atom is -0.374 e. The highest BCUT2D eigenvalue weighted by atomic mass is 16.5. The van der Waals surface area contributed by atoms with E-state index in [1.807, 2.05) is 0 Å². The summed E-state index contributed by atoms with van der Waals surface area (Å²) in [6.07, 6.45) is 2.41. The fraction of sp³-hybridized carbons (Fsp3) is 0.545. The van der Waals surface area contributed by atoms with Crippen LogP contribution < -0.4 is 10.9 Å². The van der Waals surface area contributed by atoms with E-state index >= 15 is 0 Å². The van der Waals surface area contributed by atoms with Gasteiger partial charge in [-0.05, 0) is 0 Å². The lowest BCUT2D eigenvalue weighted by Crippen LogP contribution is -2.45. The van der Waals surface area contributed by atoms with Crippen LogP contribution in [0.3, 0.4) is 0 Å². The lowest BCUT2D eigenvalue weighted by atomic mass is 10.2. The van der Waals surface area contributed by atoms with Gasteiger partial charge in [-0.1, -0.05) is 0 Å². The van der Waals surface area contributed by atoms with E-state index in [1.54, 1.807) is 7.05 Å². The van der Waals surface area contributed by atoms with Gasteiger partial charge in [-0.15, -0.1) is 0 Å². The molecule has 0 aliphatic carbocycles. The summed E-state index contributed by atoms with van der Waals surface area (Å²) < 4.78 is 5.52. The summed E-state index contributed by atoms with van der Waals surface area (Å²) in [5, 5.41) is 3.20. The summed E-state index contributed by atoms with van der Waals surface area (Å²) >= 11 is 0. The predicted molar refractivity (Wildman–Crippen MR) is 64.4 cm³/mol. The first-order chi connectivity index (χ1) is 8.66. The van der Waals surface area contributed by atoms with Crippen LogP contribution in [0.25, 0.3) is 0 Å². The number of nitrogens with zero attached hydrogens (tertiary/aromatic N) is 2. The van der Waals surface area contributed by atoms with Crippen LogP contribution in [0.5, 0.6) is 0 Å². The number of morpholine rings is 1. The summed E-state index contributed by atoms with van der Waals surface area (Å²) in [5.74, 6) is -0.236. The van der Waals surface area contributed by atoms with Crippen LogP contribution in [-0.4, -0.2) is 60.2 Å². The molecule has 98 valence electrons. The van der Waals surface area contributed by atoms with Crippen molar-refractivity contribution in [3.63, 3.8) is 0 Å². The predicted octanol–water partition coefficient (Wildman–Crippen LogP) is -1.17. The molecule has 0 spiro atoms. The largest absolute Gasteiger partial charge is 0.374 e. The van der Waals surface area contributed by atoms with Crippen molar-refractivity contribution in [2.24, 2.45) is 0 Å². The number of ether oxygens (including phenoxy) is 1. The average molecular weight is 252 g/mol. The Labute approximate surface area is 104 Å². The lowest BCUT2D eigenvalue weighted by Gasteiger charge is -2.27. The molecule has 7 nitrogen and oxygen atoms in total. The summed E-state index contributed by atoms with van der Waals surface area (Å²) in [4.78, 5) is 30.6. The second-order valence-electron chi connectivity index (χ2n) is 4.18. The van der Waals surface area contributed by atoms with E-state index in [4.69, 9.17) is 4.74 Å². The van der Waals surface area contributed by atoms with Gasteiger partial charge >= 0.3 is 0 Å². The Balaban J connectivity index is 1.95. The molecule has 1 fully saturated rings. The number of likely N-dealkylation sites (N-methyl/N-ethyl adjacent to an activating group) is 1. The summed E-state index contributed by atoms with van der Waals surface area (Å²) in [6.45, 7) is 2.72. The molecule has 0 bridgehead atoms. The number of carbonyl (C=O) groups excluding carboxylic acids is 1. The summed E-state index contributed by atoms with van der Waals surface area (Å²) in [5.41, 5.74) is -0.102. The number of aromatic amines is 1. The first-order valence-electron chi connectivity index (χ1n) is 5.79. The zero-order valence-electron chi connectivity index (χ0n) is 10.2. The first kappa shape index (κ1) is 12.7. The normalized spacial score (nSPS) is 19.5. The maximum absolute atomic E-state index is 12.0. The maximum atomic E-state index is 12.0. The highest BCUT2D eigenvalue weighted by molar-refractivity contribution is 5.91. The standard InChI is InChI=1S/C11H16N4O3/c1-15(7-8-4-12-2-3-18-8)11(17)9-5-14-10(16)6-13-9/h5-6,8,12H,2-4,7H2,1H3,(H,14,16). The molecule has 0 aromatic carbocycles. The van der Waals surface area contributed by atoms with Crippen molar-refractivity contribution in [3.05, 3.63) is 28.4 Å². The van der Waals surface area contributed by atoms with Crippen molar-refractivity contribution in [2.75, 3.05) is 33.3 Å². The van der Waals surface area contributed by atoms with Crippen LogP contribution >= 0.6 is 0 Å². The molecular formula is C11H16N4O3. The van der Waals surface area contributed by atoms with Crippen molar-refractivity contribution < 1.29 is 9.53 Å². The van der Waals surface area contributed by atoms with Gasteiger partial charge in [0, 0.05) is 32.9 Å². The number of hydrogen-bond donors (Lipinski definition) is 2. The van der Waals surface area contributed by atoms with Gasteiger partial charge in [0.2, 0.25) is 0 Å². The lowest BCUT2D eigenvalue weighted by molar-refractivity contribution is 0.0102. The van der Waals surface area contributed by atoms with Gasteiger partial charge in [-0.2, -0.15) is 0 Å². The Morgan fingerprint density at radius 1 is 1.67 bits per heavy atom. The molecule has 1 aliphatic heterocycles. The topological polar surface area (TPSA) is 87.3 Å². The minimum absolute atomic E-state index is 0.00420. The van der Waals surface area contributed by atoms with E-state index in [2.05, 4.69) is 15.3 Å². The monoisotopic (exact) mass is 252 g/mol. The summed E-state index contributed by atoms with van der Waals surface area (Å²) in [6, 6.07) is 0. The Hall–Kier alpha value is -1.73. The number of carbonyl (C=O) groups is 1. The molecule has 1 atom stereocenters. The first-order valence-corrected chi connectivity index (χ1v) is 5.79. The molecule has 1 unspecified atom stereocenters. The molecule has 0 saturated carbocycles. The van der Waals surface area contributed by atoms with Gasteiger partial charge < -0.3 is 19.9 Å². The Kier molecular flexibility index (Phi) is 4.06. The third-order valence-electron chi connectivity index (χ3n) is 2.72. The number of hydrogen-bond acceptors (Lipinski definition) is 5. The van der Waals surface area contributed by atoms with Gasteiger partial charge in [0.1, 0.15) is 5.69 Å². The van der Waals surface area contributed by atoms with Gasteiger partial charge in [-0.3, -0.25) is 9.59 Å². The number of amides is 1. The van der Waals surface area contributed by atoms with E-state index in [-0.39, 0.29) is 23.3 Å². The number of nitrogens with one attached hydrogen (secondary N) is 2. The molecule has 0 radical (unpaired) electrons. The second-order valence-corrected chi connectivity index (χ2v) is 4.18. The second kappa shape index (κ2) is 5.74. The highest BCUT2D eigenvalue weighted by Gasteiger charge is 2.20. The van der Waals surface area contributed by atoms with Crippen molar-refractivity contribution in [1.29, 1.82) is 0 Å². The Morgan fingerprint density at radius 3 is 3.11 bits per heavy atom. The fourth-order valence-corrected chi connectivity index (χ4v) is 1.78. The van der Waals surface area contributed by atoms with Crippen LogP contribution in [0.1, 0.15) is 10.5 Å². The van der Waals surface area contributed by atoms with Crippen molar-refractivity contribution in [3.8, 4) is 0 Å². The Bertz CT molecular complexity index is 447. The smallest absolute Gasteiger partial charge is 0.273 e. The van der Waals surface area contributed by atoms with Crippen LogP contribution in [0.15, 0.2) is 17.2 Å². The molecule has 2 N–H and O–H groups in total. The molecular weight excluding hydrogens is 236 g/mol. The van der Waals surface area contributed by atoms with E-state index in [0.29, 0.717) is 13.2 Å². The molecule has 2 heterocycles. The van der Waals surface area contributed by atoms with E-state index in [9.17, 15) is 9.59 Å². The molecule has 1 amide bonds. The SMILES string of the molecule is CN(CC1CNCCO1)C(=O)c1c[nH]c(=O)cn1. The molecule has 2 rings (SSSR count). The van der Waals surface area contributed by atoms with E-state index < -0.39 is 0 Å². The van der Waals surface area contributed by atoms with E-state index in [0.717, 1.165) is 19.3 Å². The van der Waals surface area contributed by atoms with E-state index in [1.165, 1.54) is 11.1 Å². The number of H-pyrrole nitrogens is 1. The summed E-state index contributed by atoms with van der Waals surface area (Å²) in [7, 11) is 1.69. The molecule has 1 saturated heterocycles. The van der Waals surface area contributed by atoms with Crippen molar-refractivity contribution in [2.45, 2.75) is 6.10 Å². The molecule has 18 heavy (non-hydrogen) atoms. The molecule has 1 aliphatic rings. The van der Waals surface area contributed by atoms with Crippen LogP contribution in [0.2, 0.25) is 0 Å². The van der Waals surface area contributed by atoms with Gasteiger partial charge in [0.05, 0.1) is 18.9 Å². The van der Waals surface area contributed by atoms with Crippen LogP contribution in [0, 0.1) is 0 Å².